The zero-order valence-corrected chi connectivity index (χ0v) is 9.41. The van der Waals surface area contributed by atoms with E-state index in [0.29, 0.717) is 5.41 Å². The van der Waals surface area contributed by atoms with Crippen LogP contribution in [0, 0.1) is 11.3 Å². The minimum atomic E-state index is 0.467. The molecule has 0 nitrogen and oxygen atoms in total. The van der Waals surface area contributed by atoms with Crippen molar-refractivity contribution in [2.45, 2.75) is 53.9 Å². The van der Waals surface area contributed by atoms with Crippen molar-refractivity contribution in [1.29, 1.82) is 0 Å². The average Bonchev–Trinajstić information content (AvgIpc) is 1.84. The van der Waals surface area contributed by atoms with Crippen molar-refractivity contribution in [3.63, 3.8) is 0 Å². The van der Waals surface area contributed by atoms with E-state index in [1.807, 2.05) is 0 Å². The largest absolute Gasteiger partial charge is 0.100 e. The van der Waals surface area contributed by atoms with Gasteiger partial charge >= 0.3 is 0 Å². The number of hydrogen-bond donors (Lipinski definition) is 0. The van der Waals surface area contributed by atoms with Gasteiger partial charge in [0.2, 0.25) is 0 Å². The summed E-state index contributed by atoms with van der Waals surface area (Å²) in [4.78, 5) is 0. The van der Waals surface area contributed by atoms with Gasteiger partial charge in [0.1, 0.15) is 0 Å². The summed E-state index contributed by atoms with van der Waals surface area (Å²) < 4.78 is 0. The fourth-order valence-corrected chi connectivity index (χ4v) is 1.14. The molecule has 0 aromatic rings. The van der Waals surface area contributed by atoms with Crippen LogP contribution in [-0.2, 0) is 0 Å². The molecule has 0 amide bonds. The summed E-state index contributed by atoms with van der Waals surface area (Å²) >= 11 is 0. The third-order valence-electron chi connectivity index (χ3n) is 2.72. The molecular weight excluding hydrogens is 144 g/mol. The van der Waals surface area contributed by atoms with Crippen molar-refractivity contribution in [3.05, 3.63) is 12.2 Å². The molecule has 0 saturated carbocycles. The van der Waals surface area contributed by atoms with E-state index in [0.717, 1.165) is 5.92 Å². The zero-order valence-electron chi connectivity index (χ0n) is 9.41. The lowest BCUT2D eigenvalue weighted by Gasteiger charge is -2.27. The molecule has 0 spiro atoms. The van der Waals surface area contributed by atoms with E-state index >= 15 is 0 Å². The maximum absolute atomic E-state index is 3.91. The van der Waals surface area contributed by atoms with Gasteiger partial charge < -0.3 is 0 Å². The van der Waals surface area contributed by atoms with Crippen molar-refractivity contribution in [2.75, 3.05) is 0 Å². The van der Waals surface area contributed by atoms with Gasteiger partial charge in [-0.3, -0.25) is 0 Å². The highest BCUT2D eigenvalue weighted by Crippen LogP contribution is 2.29. The number of hydrogen-bond acceptors (Lipinski definition) is 0. The molecule has 0 rings (SSSR count). The second-order valence-corrected chi connectivity index (χ2v) is 5.12. The zero-order chi connectivity index (χ0) is 9.78. The Hall–Kier alpha value is -0.260. The maximum Gasteiger partial charge on any atom is -0.0326 e. The van der Waals surface area contributed by atoms with Gasteiger partial charge in [0.05, 0.1) is 0 Å². The van der Waals surface area contributed by atoms with E-state index in [9.17, 15) is 0 Å². The first-order valence-electron chi connectivity index (χ1n) is 4.98. The average molecular weight is 168 g/mol. The highest BCUT2D eigenvalue weighted by Gasteiger charge is 2.18. The van der Waals surface area contributed by atoms with Crippen LogP contribution in [0.2, 0.25) is 0 Å². The molecule has 0 aliphatic heterocycles. The van der Waals surface area contributed by atoms with E-state index in [4.69, 9.17) is 0 Å². The third kappa shape index (κ3) is 5.40. The summed E-state index contributed by atoms with van der Waals surface area (Å²) in [6.07, 6.45) is 3.82. The standard InChI is InChI=1S/C12H24/c1-10(2)8-7-9-11(3)12(4,5)6/h11H,1,7-9H2,2-6H3. The van der Waals surface area contributed by atoms with Gasteiger partial charge in [-0.25, -0.2) is 0 Å². The molecule has 0 heterocycles. The molecule has 0 aliphatic carbocycles. The molecule has 0 aromatic heterocycles. The highest BCUT2D eigenvalue weighted by molar-refractivity contribution is 4.87. The summed E-state index contributed by atoms with van der Waals surface area (Å²) in [5.41, 5.74) is 1.78. The predicted molar refractivity (Wildman–Crippen MR) is 57.3 cm³/mol. The predicted octanol–water partition coefficient (Wildman–Crippen LogP) is 4.42. The van der Waals surface area contributed by atoms with Crippen LogP contribution in [0.5, 0.6) is 0 Å². The van der Waals surface area contributed by atoms with Crippen molar-refractivity contribution < 1.29 is 0 Å². The lowest BCUT2D eigenvalue weighted by molar-refractivity contribution is 0.243. The van der Waals surface area contributed by atoms with Crippen LogP contribution in [-0.4, -0.2) is 0 Å². The molecule has 1 atom stereocenters. The Kier molecular flexibility index (Phi) is 4.59. The van der Waals surface area contributed by atoms with E-state index < -0.39 is 0 Å². The van der Waals surface area contributed by atoms with Gasteiger partial charge in [-0.15, -0.1) is 6.58 Å². The summed E-state index contributed by atoms with van der Waals surface area (Å²) in [6, 6.07) is 0. The second kappa shape index (κ2) is 4.69. The molecule has 0 heteroatoms. The van der Waals surface area contributed by atoms with Crippen LogP contribution in [0.25, 0.3) is 0 Å². The molecule has 1 unspecified atom stereocenters. The Morgan fingerprint density at radius 3 is 2.17 bits per heavy atom. The lowest BCUT2D eigenvalue weighted by atomic mass is 9.79. The van der Waals surface area contributed by atoms with E-state index in [1.165, 1.54) is 24.8 Å². The van der Waals surface area contributed by atoms with Crippen LogP contribution in [0.1, 0.15) is 53.9 Å². The SMILES string of the molecule is C=C(C)CCCC(C)C(C)(C)C. The Morgan fingerprint density at radius 1 is 1.33 bits per heavy atom. The van der Waals surface area contributed by atoms with Crippen LogP contribution >= 0.6 is 0 Å². The van der Waals surface area contributed by atoms with Crippen molar-refractivity contribution in [3.8, 4) is 0 Å². The smallest absolute Gasteiger partial charge is 0.0326 e. The maximum atomic E-state index is 3.91. The van der Waals surface area contributed by atoms with Crippen molar-refractivity contribution in [2.24, 2.45) is 11.3 Å². The first kappa shape index (κ1) is 11.7. The van der Waals surface area contributed by atoms with Crippen molar-refractivity contribution >= 4 is 0 Å². The van der Waals surface area contributed by atoms with Gasteiger partial charge in [-0.1, -0.05) is 33.3 Å². The summed E-state index contributed by atoms with van der Waals surface area (Å²) in [5.74, 6) is 0.817. The minimum absolute atomic E-state index is 0.467. The lowest BCUT2D eigenvalue weighted by Crippen LogP contribution is -2.16. The summed E-state index contributed by atoms with van der Waals surface area (Å²) in [5, 5.41) is 0. The first-order chi connectivity index (χ1) is 5.34. The molecule has 0 saturated heterocycles. The van der Waals surface area contributed by atoms with E-state index in [2.05, 4.69) is 41.2 Å². The molecule has 0 bridgehead atoms. The van der Waals surface area contributed by atoms with Gasteiger partial charge in [0.25, 0.3) is 0 Å². The highest BCUT2D eigenvalue weighted by atomic mass is 14.2. The fourth-order valence-electron chi connectivity index (χ4n) is 1.14. The normalized spacial score (nSPS) is 14.4. The third-order valence-corrected chi connectivity index (χ3v) is 2.72. The van der Waals surface area contributed by atoms with Crippen LogP contribution < -0.4 is 0 Å². The van der Waals surface area contributed by atoms with Crippen molar-refractivity contribution in [1.82, 2.24) is 0 Å². The molecule has 12 heavy (non-hydrogen) atoms. The molecule has 72 valence electrons. The summed E-state index contributed by atoms with van der Waals surface area (Å²) in [6.45, 7) is 15.3. The first-order valence-corrected chi connectivity index (χ1v) is 4.98. The molecular formula is C12H24. The Balaban J connectivity index is 3.58. The molecule has 0 fully saturated rings. The van der Waals surface area contributed by atoms with Crippen LogP contribution in [0.4, 0.5) is 0 Å². The Labute approximate surface area is 78.1 Å². The summed E-state index contributed by atoms with van der Waals surface area (Å²) in [7, 11) is 0. The van der Waals surface area contributed by atoms with Gasteiger partial charge in [-0.2, -0.15) is 0 Å². The van der Waals surface area contributed by atoms with Crippen LogP contribution in [0.3, 0.4) is 0 Å². The van der Waals surface area contributed by atoms with E-state index in [1.54, 1.807) is 0 Å². The molecule has 0 aromatic carbocycles. The molecule has 0 radical (unpaired) electrons. The van der Waals surface area contributed by atoms with Gasteiger partial charge in [-0.05, 0) is 37.5 Å². The second-order valence-electron chi connectivity index (χ2n) is 5.12. The molecule has 0 aliphatic rings. The number of rotatable bonds is 4. The topological polar surface area (TPSA) is 0 Å². The van der Waals surface area contributed by atoms with Gasteiger partial charge in [0.15, 0.2) is 0 Å². The fraction of sp³-hybridized carbons (Fsp3) is 0.833. The molecule has 0 N–H and O–H groups in total. The van der Waals surface area contributed by atoms with Gasteiger partial charge in [0, 0.05) is 0 Å². The Morgan fingerprint density at radius 2 is 1.83 bits per heavy atom. The number of allylic oxidation sites excluding steroid dienone is 1. The van der Waals surface area contributed by atoms with E-state index in [-0.39, 0.29) is 0 Å². The monoisotopic (exact) mass is 168 g/mol. The van der Waals surface area contributed by atoms with Crippen LogP contribution in [0.15, 0.2) is 12.2 Å². The minimum Gasteiger partial charge on any atom is -0.100 e. The Bertz CT molecular complexity index is 137. The quantitative estimate of drug-likeness (QED) is 0.545.